The quantitative estimate of drug-likeness (QED) is 0.657. The Bertz CT molecular complexity index is 235. The minimum absolute atomic E-state index is 1.10. The number of hydrogen-bond donors (Lipinski definition) is 1. The molecule has 0 heterocycles. The first-order valence-corrected chi connectivity index (χ1v) is 5.30. The van der Waals surface area contributed by atoms with Gasteiger partial charge in [-0.3, -0.25) is 0 Å². The standard InChI is InChI=1S/C10H14IN/c1-12-8-4-6-9-5-2-3-7-10(9)11/h2-3,5,7,12H,4,6,8H2,1H3. The Balaban J connectivity index is 2.46. The molecule has 2 heteroatoms. The molecule has 1 N–H and O–H groups in total. The van der Waals surface area contributed by atoms with E-state index in [-0.39, 0.29) is 0 Å². The molecule has 0 spiro atoms. The average Bonchev–Trinajstić information content (AvgIpc) is 2.09. The summed E-state index contributed by atoms with van der Waals surface area (Å²) in [5, 5.41) is 3.15. The maximum Gasteiger partial charge on any atom is 0.0162 e. The van der Waals surface area contributed by atoms with Gasteiger partial charge in [0.2, 0.25) is 0 Å². The lowest BCUT2D eigenvalue weighted by molar-refractivity contribution is 0.723. The first-order valence-electron chi connectivity index (χ1n) is 4.22. The molecule has 1 rings (SSSR count). The number of rotatable bonds is 4. The Hall–Kier alpha value is -0.0900. The van der Waals surface area contributed by atoms with E-state index in [0.29, 0.717) is 0 Å². The molecule has 66 valence electrons. The van der Waals surface area contributed by atoms with Crippen molar-refractivity contribution in [3.63, 3.8) is 0 Å². The molecule has 0 saturated carbocycles. The Morgan fingerprint density at radius 3 is 2.75 bits per heavy atom. The third-order valence-electron chi connectivity index (χ3n) is 1.83. The maximum absolute atomic E-state index is 3.15. The van der Waals surface area contributed by atoms with Crippen molar-refractivity contribution in [1.82, 2.24) is 5.32 Å². The van der Waals surface area contributed by atoms with Gasteiger partial charge in [0.25, 0.3) is 0 Å². The molecule has 1 nitrogen and oxygen atoms in total. The summed E-state index contributed by atoms with van der Waals surface area (Å²) in [6, 6.07) is 8.56. The number of benzene rings is 1. The Morgan fingerprint density at radius 2 is 2.08 bits per heavy atom. The van der Waals surface area contributed by atoms with E-state index in [1.807, 2.05) is 7.05 Å². The van der Waals surface area contributed by atoms with E-state index in [1.54, 1.807) is 0 Å². The average molecular weight is 275 g/mol. The number of halogens is 1. The van der Waals surface area contributed by atoms with Crippen molar-refractivity contribution in [2.45, 2.75) is 12.8 Å². The summed E-state index contributed by atoms with van der Waals surface area (Å²) in [5.74, 6) is 0. The molecule has 1 aromatic rings. The SMILES string of the molecule is CNCCCc1ccccc1I. The molecular weight excluding hydrogens is 261 g/mol. The van der Waals surface area contributed by atoms with Crippen LogP contribution in [0.1, 0.15) is 12.0 Å². The molecule has 0 radical (unpaired) electrons. The van der Waals surface area contributed by atoms with Gasteiger partial charge in [-0.2, -0.15) is 0 Å². The highest BCUT2D eigenvalue weighted by Gasteiger charge is 1.96. The highest BCUT2D eigenvalue weighted by Crippen LogP contribution is 2.12. The topological polar surface area (TPSA) is 12.0 Å². The van der Waals surface area contributed by atoms with Crippen LogP contribution in [0.2, 0.25) is 0 Å². The van der Waals surface area contributed by atoms with Crippen molar-refractivity contribution >= 4 is 22.6 Å². The minimum Gasteiger partial charge on any atom is -0.320 e. The number of hydrogen-bond acceptors (Lipinski definition) is 1. The largest absolute Gasteiger partial charge is 0.320 e. The van der Waals surface area contributed by atoms with Gasteiger partial charge in [-0.15, -0.1) is 0 Å². The lowest BCUT2D eigenvalue weighted by atomic mass is 10.1. The van der Waals surface area contributed by atoms with E-state index in [0.717, 1.165) is 6.54 Å². The van der Waals surface area contributed by atoms with Gasteiger partial charge < -0.3 is 5.32 Å². The monoisotopic (exact) mass is 275 g/mol. The molecule has 0 aliphatic heterocycles. The van der Waals surface area contributed by atoms with Crippen LogP contribution in [0.5, 0.6) is 0 Å². The third kappa shape index (κ3) is 3.11. The van der Waals surface area contributed by atoms with E-state index in [1.165, 1.54) is 22.0 Å². The molecule has 0 amide bonds. The zero-order valence-corrected chi connectivity index (χ0v) is 9.47. The Kier molecular flexibility index (Phi) is 4.61. The summed E-state index contributed by atoms with van der Waals surface area (Å²) in [7, 11) is 2.00. The van der Waals surface area contributed by atoms with Gasteiger partial charge in [0.05, 0.1) is 0 Å². The van der Waals surface area contributed by atoms with E-state index in [9.17, 15) is 0 Å². The molecule has 12 heavy (non-hydrogen) atoms. The lowest BCUT2D eigenvalue weighted by Gasteiger charge is -2.02. The van der Waals surface area contributed by atoms with Crippen molar-refractivity contribution in [3.8, 4) is 0 Å². The smallest absolute Gasteiger partial charge is 0.0162 e. The van der Waals surface area contributed by atoms with E-state index in [4.69, 9.17) is 0 Å². The highest BCUT2D eigenvalue weighted by molar-refractivity contribution is 14.1. The second kappa shape index (κ2) is 5.54. The fourth-order valence-corrected chi connectivity index (χ4v) is 1.81. The minimum atomic E-state index is 1.10. The van der Waals surface area contributed by atoms with Crippen molar-refractivity contribution in [3.05, 3.63) is 33.4 Å². The molecule has 0 bridgehead atoms. The number of nitrogens with one attached hydrogen (secondary N) is 1. The van der Waals surface area contributed by atoms with E-state index in [2.05, 4.69) is 52.2 Å². The van der Waals surface area contributed by atoms with Crippen LogP contribution in [-0.2, 0) is 6.42 Å². The van der Waals surface area contributed by atoms with Gasteiger partial charge in [-0.1, -0.05) is 18.2 Å². The van der Waals surface area contributed by atoms with Crippen LogP contribution in [0.3, 0.4) is 0 Å². The van der Waals surface area contributed by atoms with Crippen molar-refractivity contribution in [2.75, 3.05) is 13.6 Å². The molecule has 0 saturated heterocycles. The van der Waals surface area contributed by atoms with E-state index < -0.39 is 0 Å². The van der Waals surface area contributed by atoms with Crippen LogP contribution < -0.4 is 5.32 Å². The number of aryl methyl sites for hydroxylation is 1. The van der Waals surface area contributed by atoms with Gasteiger partial charge in [0.1, 0.15) is 0 Å². The van der Waals surface area contributed by atoms with Crippen LogP contribution in [0.25, 0.3) is 0 Å². The van der Waals surface area contributed by atoms with Gasteiger partial charge >= 0.3 is 0 Å². The normalized spacial score (nSPS) is 10.2. The molecule has 0 atom stereocenters. The second-order valence-corrected chi connectivity index (χ2v) is 3.96. The summed E-state index contributed by atoms with van der Waals surface area (Å²) >= 11 is 2.39. The zero-order chi connectivity index (χ0) is 8.81. The summed E-state index contributed by atoms with van der Waals surface area (Å²) < 4.78 is 1.38. The molecule has 0 aromatic heterocycles. The maximum atomic E-state index is 3.15. The van der Waals surface area contributed by atoms with Crippen LogP contribution in [0, 0.1) is 3.57 Å². The summed E-state index contributed by atoms with van der Waals surface area (Å²) in [6.07, 6.45) is 2.40. The third-order valence-corrected chi connectivity index (χ3v) is 2.88. The fourth-order valence-electron chi connectivity index (χ4n) is 1.16. The molecule has 0 aliphatic carbocycles. The van der Waals surface area contributed by atoms with E-state index >= 15 is 0 Å². The first kappa shape index (κ1) is 9.99. The van der Waals surface area contributed by atoms with Crippen LogP contribution in [0.15, 0.2) is 24.3 Å². The molecule has 0 aliphatic rings. The van der Waals surface area contributed by atoms with Gasteiger partial charge in [-0.25, -0.2) is 0 Å². The molecule has 0 unspecified atom stereocenters. The van der Waals surface area contributed by atoms with Crippen LogP contribution in [-0.4, -0.2) is 13.6 Å². The van der Waals surface area contributed by atoms with Gasteiger partial charge in [0, 0.05) is 3.57 Å². The second-order valence-electron chi connectivity index (χ2n) is 2.80. The Morgan fingerprint density at radius 1 is 1.33 bits per heavy atom. The predicted octanol–water partition coefficient (Wildman–Crippen LogP) is 2.44. The molecule has 1 aromatic carbocycles. The summed E-state index contributed by atoms with van der Waals surface area (Å²) in [6.45, 7) is 1.10. The van der Waals surface area contributed by atoms with Crippen molar-refractivity contribution < 1.29 is 0 Å². The molecular formula is C10H14IN. The van der Waals surface area contributed by atoms with Gasteiger partial charge in [0.15, 0.2) is 0 Å². The summed E-state index contributed by atoms with van der Waals surface area (Å²) in [4.78, 5) is 0. The fraction of sp³-hybridized carbons (Fsp3) is 0.400. The zero-order valence-electron chi connectivity index (χ0n) is 7.31. The first-order chi connectivity index (χ1) is 5.84. The van der Waals surface area contributed by atoms with Crippen LogP contribution in [0.4, 0.5) is 0 Å². The lowest BCUT2D eigenvalue weighted by Crippen LogP contribution is -2.08. The molecule has 0 fully saturated rings. The van der Waals surface area contributed by atoms with Crippen LogP contribution >= 0.6 is 22.6 Å². The van der Waals surface area contributed by atoms with Crippen molar-refractivity contribution in [1.29, 1.82) is 0 Å². The van der Waals surface area contributed by atoms with Gasteiger partial charge in [-0.05, 0) is 60.7 Å². The summed E-state index contributed by atoms with van der Waals surface area (Å²) in [5.41, 5.74) is 1.47. The Labute approximate surface area is 87.7 Å². The predicted molar refractivity (Wildman–Crippen MR) is 61.4 cm³/mol. The van der Waals surface area contributed by atoms with Crippen molar-refractivity contribution in [2.24, 2.45) is 0 Å². The highest BCUT2D eigenvalue weighted by atomic mass is 127.